The van der Waals surface area contributed by atoms with Gasteiger partial charge in [0.1, 0.15) is 5.69 Å². The number of ether oxygens (including phenoxy) is 1. The zero-order valence-electron chi connectivity index (χ0n) is 16.0. The van der Waals surface area contributed by atoms with Crippen LogP contribution in [0.4, 0.5) is 13.2 Å². The van der Waals surface area contributed by atoms with Gasteiger partial charge in [-0.1, -0.05) is 48.5 Å². The molecule has 0 fully saturated rings. The largest absolute Gasteiger partial charge is 0.449 e. The molecule has 0 saturated carbocycles. The summed E-state index contributed by atoms with van der Waals surface area (Å²) in [7, 11) is 0. The minimum absolute atomic E-state index is 0.00499. The lowest BCUT2D eigenvalue weighted by Crippen LogP contribution is -2.25. The summed E-state index contributed by atoms with van der Waals surface area (Å²) in [4.78, 5) is 29.8. The quantitative estimate of drug-likeness (QED) is 0.487. The third-order valence-electron chi connectivity index (χ3n) is 5.30. The summed E-state index contributed by atoms with van der Waals surface area (Å²) in [6.07, 6.45) is -5.79. The number of hydrogen-bond acceptors (Lipinski definition) is 4. The van der Waals surface area contributed by atoms with Gasteiger partial charge in [0.2, 0.25) is 0 Å². The zero-order chi connectivity index (χ0) is 21.9. The van der Waals surface area contributed by atoms with Crippen LogP contribution in [0.5, 0.6) is 0 Å². The molecule has 1 aliphatic heterocycles. The third kappa shape index (κ3) is 2.84. The van der Waals surface area contributed by atoms with Crippen molar-refractivity contribution in [3.05, 3.63) is 93.0 Å². The molecule has 1 atom stereocenters. The Balaban J connectivity index is 1.81. The van der Waals surface area contributed by atoms with E-state index in [9.17, 15) is 22.8 Å². The molecule has 1 N–H and O–H groups in total. The number of fused-ring (bicyclic) bond motifs is 2. The van der Waals surface area contributed by atoms with Crippen LogP contribution in [0.2, 0.25) is 0 Å². The van der Waals surface area contributed by atoms with Gasteiger partial charge in [-0.05, 0) is 18.6 Å². The number of aromatic amines is 1. The fraction of sp³-hybridized carbons (Fsp3) is 0.136. The van der Waals surface area contributed by atoms with Crippen molar-refractivity contribution in [1.29, 1.82) is 0 Å². The molecule has 156 valence electrons. The van der Waals surface area contributed by atoms with E-state index >= 15 is 0 Å². The van der Waals surface area contributed by atoms with Gasteiger partial charge in [0.05, 0.1) is 22.4 Å². The molecule has 0 bridgehead atoms. The average Bonchev–Trinajstić information content (AvgIpc) is 3.28. The van der Waals surface area contributed by atoms with Gasteiger partial charge in [-0.15, -0.1) is 0 Å². The van der Waals surface area contributed by atoms with Crippen LogP contribution in [0.25, 0.3) is 16.8 Å². The van der Waals surface area contributed by atoms with Crippen LogP contribution >= 0.6 is 0 Å². The predicted molar refractivity (Wildman–Crippen MR) is 105 cm³/mol. The lowest BCUT2D eigenvalue weighted by molar-refractivity contribution is -0.140. The normalized spacial score (nSPS) is 15.9. The van der Waals surface area contributed by atoms with E-state index in [0.29, 0.717) is 11.1 Å². The molecule has 31 heavy (non-hydrogen) atoms. The topological polar surface area (TPSA) is 76.5 Å². The van der Waals surface area contributed by atoms with Crippen molar-refractivity contribution >= 4 is 11.6 Å². The van der Waals surface area contributed by atoms with Gasteiger partial charge >= 0.3 is 12.1 Å². The highest BCUT2D eigenvalue weighted by atomic mass is 19.4. The van der Waals surface area contributed by atoms with Crippen LogP contribution in [-0.4, -0.2) is 20.6 Å². The number of esters is 1. The summed E-state index contributed by atoms with van der Waals surface area (Å²) < 4.78 is 47.6. The highest BCUT2D eigenvalue weighted by Crippen LogP contribution is 2.39. The first-order valence-electron chi connectivity index (χ1n) is 9.35. The van der Waals surface area contributed by atoms with E-state index in [1.807, 2.05) is 0 Å². The van der Waals surface area contributed by atoms with Crippen LogP contribution in [-0.2, 0) is 10.9 Å². The second-order valence-corrected chi connectivity index (χ2v) is 7.17. The SMILES string of the molecule is Cc1nc2c(-c3ccccc3)c(C(F)(F)F)[nH]n2c(=O)c1C1OC(=O)c2ccccc21. The Morgan fingerprint density at radius 1 is 1.03 bits per heavy atom. The van der Waals surface area contributed by atoms with E-state index in [0.717, 1.165) is 4.52 Å². The van der Waals surface area contributed by atoms with E-state index < -0.39 is 29.5 Å². The molecular formula is C22H14F3N3O3. The highest BCUT2D eigenvalue weighted by molar-refractivity contribution is 5.94. The van der Waals surface area contributed by atoms with Crippen LogP contribution in [0.1, 0.15) is 39.0 Å². The minimum atomic E-state index is -4.74. The average molecular weight is 425 g/mol. The molecule has 2 aromatic carbocycles. The monoisotopic (exact) mass is 425 g/mol. The number of hydrogen-bond donors (Lipinski definition) is 1. The van der Waals surface area contributed by atoms with Crippen LogP contribution < -0.4 is 5.56 Å². The second kappa shape index (κ2) is 6.56. The Hall–Kier alpha value is -3.88. The molecule has 5 rings (SSSR count). The number of carbonyl (C=O) groups is 1. The molecule has 6 nitrogen and oxygen atoms in total. The molecule has 0 radical (unpaired) electrons. The molecule has 2 aromatic heterocycles. The van der Waals surface area contributed by atoms with E-state index in [4.69, 9.17) is 4.74 Å². The number of carbonyl (C=O) groups excluding carboxylic acids is 1. The molecule has 9 heteroatoms. The molecular weight excluding hydrogens is 411 g/mol. The number of nitrogens with zero attached hydrogens (tertiary/aromatic N) is 2. The Morgan fingerprint density at radius 2 is 1.71 bits per heavy atom. The van der Waals surface area contributed by atoms with E-state index in [1.165, 1.54) is 19.1 Å². The Kier molecular flexibility index (Phi) is 4.04. The molecule has 0 aliphatic carbocycles. The number of halogens is 3. The maximum Gasteiger partial charge on any atom is 0.433 e. The zero-order valence-corrected chi connectivity index (χ0v) is 16.0. The lowest BCUT2D eigenvalue weighted by Gasteiger charge is -2.13. The second-order valence-electron chi connectivity index (χ2n) is 7.17. The Labute approximate surface area is 172 Å². The van der Waals surface area contributed by atoms with Crippen molar-refractivity contribution in [2.75, 3.05) is 0 Å². The molecule has 1 aliphatic rings. The Morgan fingerprint density at radius 3 is 2.42 bits per heavy atom. The fourth-order valence-electron chi connectivity index (χ4n) is 3.94. The first-order chi connectivity index (χ1) is 14.8. The van der Waals surface area contributed by atoms with E-state index in [1.54, 1.807) is 42.5 Å². The third-order valence-corrected chi connectivity index (χ3v) is 5.30. The lowest BCUT2D eigenvalue weighted by atomic mass is 9.99. The first kappa shape index (κ1) is 19.1. The van der Waals surface area contributed by atoms with Crippen molar-refractivity contribution in [2.24, 2.45) is 0 Å². The summed E-state index contributed by atoms with van der Waals surface area (Å²) in [5.41, 5.74) is -0.969. The number of H-pyrrole nitrogens is 1. The summed E-state index contributed by atoms with van der Waals surface area (Å²) in [6.45, 7) is 1.51. The summed E-state index contributed by atoms with van der Waals surface area (Å²) in [5.74, 6) is -0.600. The smallest absolute Gasteiger partial charge is 0.433 e. The number of alkyl halides is 3. The van der Waals surface area contributed by atoms with Gasteiger partial charge in [0, 0.05) is 5.56 Å². The molecule has 0 saturated heterocycles. The fourth-order valence-corrected chi connectivity index (χ4v) is 3.94. The highest BCUT2D eigenvalue weighted by Gasteiger charge is 2.40. The van der Waals surface area contributed by atoms with Gasteiger partial charge < -0.3 is 4.74 Å². The van der Waals surface area contributed by atoms with Crippen molar-refractivity contribution in [1.82, 2.24) is 14.6 Å². The summed E-state index contributed by atoms with van der Waals surface area (Å²) in [6, 6.07) is 14.5. The van der Waals surface area contributed by atoms with Gasteiger partial charge in [-0.3, -0.25) is 9.89 Å². The number of benzene rings is 2. The van der Waals surface area contributed by atoms with Gasteiger partial charge in [-0.2, -0.15) is 13.2 Å². The van der Waals surface area contributed by atoms with E-state index in [-0.39, 0.29) is 28.0 Å². The number of aryl methyl sites for hydroxylation is 1. The van der Waals surface area contributed by atoms with Gasteiger partial charge in [0.25, 0.3) is 5.56 Å². The van der Waals surface area contributed by atoms with E-state index in [2.05, 4.69) is 10.1 Å². The Bertz CT molecular complexity index is 1400. The van der Waals surface area contributed by atoms with Crippen molar-refractivity contribution in [3.8, 4) is 11.1 Å². The van der Waals surface area contributed by atoms with Crippen molar-refractivity contribution in [3.63, 3.8) is 0 Å². The predicted octanol–water partition coefficient (Wildman–Crippen LogP) is 4.28. The molecule has 4 aromatic rings. The summed E-state index contributed by atoms with van der Waals surface area (Å²) >= 11 is 0. The maximum absolute atomic E-state index is 13.8. The van der Waals surface area contributed by atoms with Crippen LogP contribution in [0.15, 0.2) is 59.4 Å². The standard InChI is InChI=1S/C22H14F3N3O3/c1-11-15(17-13-9-5-6-10-14(13)21(30)31-17)20(29)28-19(26-11)16(12-7-3-2-4-8-12)18(27-28)22(23,24)25/h2-10,17,27H,1H3. The number of aromatic nitrogens is 3. The number of cyclic esters (lactones) is 1. The summed E-state index contributed by atoms with van der Waals surface area (Å²) in [5, 5.41) is 2.17. The molecule has 3 heterocycles. The van der Waals surface area contributed by atoms with Gasteiger partial charge in [0.15, 0.2) is 11.8 Å². The number of nitrogens with one attached hydrogen (secondary N) is 1. The van der Waals surface area contributed by atoms with Crippen LogP contribution in [0.3, 0.4) is 0 Å². The van der Waals surface area contributed by atoms with Crippen molar-refractivity contribution < 1.29 is 22.7 Å². The maximum atomic E-state index is 13.8. The molecule has 1 unspecified atom stereocenters. The number of rotatable bonds is 2. The van der Waals surface area contributed by atoms with Crippen LogP contribution in [0, 0.1) is 6.92 Å². The molecule has 0 amide bonds. The minimum Gasteiger partial charge on any atom is -0.449 e. The molecule has 0 spiro atoms. The first-order valence-corrected chi connectivity index (χ1v) is 9.35. The van der Waals surface area contributed by atoms with Gasteiger partial charge in [-0.25, -0.2) is 14.3 Å². The van der Waals surface area contributed by atoms with Crippen molar-refractivity contribution in [2.45, 2.75) is 19.2 Å².